The molecule has 0 radical (unpaired) electrons. The third kappa shape index (κ3) is 8.81. The zero-order valence-corrected chi connectivity index (χ0v) is 29.9. The van der Waals surface area contributed by atoms with E-state index in [-0.39, 0.29) is 42.0 Å². The topological polar surface area (TPSA) is 162 Å². The van der Waals surface area contributed by atoms with Gasteiger partial charge in [-0.25, -0.2) is 24.7 Å². The summed E-state index contributed by atoms with van der Waals surface area (Å²) in [6.45, 7) is 3.21. The second-order valence-corrected chi connectivity index (χ2v) is 12.8. The van der Waals surface area contributed by atoms with E-state index in [2.05, 4.69) is 51.4 Å². The summed E-state index contributed by atoms with van der Waals surface area (Å²) in [5.41, 5.74) is -4.67. The molecule has 4 aromatic heterocycles. The Labute approximate surface area is 315 Å². The molecular weight excluding hydrogens is 758 g/mol. The summed E-state index contributed by atoms with van der Waals surface area (Å²) >= 11 is 0. The number of carbonyl (C=O) groups excluding carboxylic acids is 1. The molecule has 4 N–H and O–H groups in total. The predicted octanol–water partition coefficient (Wildman–Crippen LogP) is 6.58. The van der Waals surface area contributed by atoms with E-state index in [1.807, 2.05) is 0 Å². The van der Waals surface area contributed by atoms with Gasteiger partial charge < -0.3 is 26.0 Å². The van der Waals surface area contributed by atoms with Gasteiger partial charge in [0.15, 0.2) is 0 Å². The smallest absolute Gasteiger partial charge is 0.419 e. The number of hydrogen-bond donors (Lipinski definition) is 4. The summed E-state index contributed by atoms with van der Waals surface area (Å²) in [7, 11) is 1.06. The minimum atomic E-state index is -5.06. The van der Waals surface area contributed by atoms with Crippen LogP contribution in [0.2, 0.25) is 0 Å². The lowest BCUT2D eigenvalue weighted by Gasteiger charge is -2.22. The Morgan fingerprint density at radius 2 is 1.18 bits per heavy atom. The lowest BCUT2D eigenvalue weighted by atomic mass is 9.94. The van der Waals surface area contributed by atoms with Gasteiger partial charge in [-0.3, -0.25) is 9.36 Å². The van der Waals surface area contributed by atoms with Crippen LogP contribution in [0, 0.1) is 0 Å². The summed E-state index contributed by atoms with van der Waals surface area (Å²) in [5, 5.41) is 21.0. The van der Waals surface area contributed by atoms with Crippen molar-refractivity contribution in [3.63, 3.8) is 0 Å². The molecule has 292 valence electrons. The van der Waals surface area contributed by atoms with E-state index in [9.17, 15) is 31.1 Å². The van der Waals surface area contributed by atoms with Crippen molar-refractivity contribution in [2.45, 2.75) is 50.1 Å². The summed E-state index contributed by atoms with van der Waals surface area (Å²) in [6, 6.07) is 3.40. The predicted molar refractivity (Wildman–Crippen MR) is 190 cm³/mol. The van der Waals surface area contributed by atoms with Crippen LogP contribution in [0.15, 0.2) is 55.4 Å². The highest BCUT2D eigenvalue weighted by atomic mass is 35.5. The zero-order chi connectivity index (χ0) is 38.0. The fourth-order valence-electron chi connectivity index (χ4n) is 6.51. The Bertz CT molecular complexity index is 2130. The number of alkyl halides is 6. The molecule has 2 saturated heterocycles. The Balaban J connectivity index is 0.00000514. The maximum Gasteiger partial charge on any atom is 0.419 e. The lowest BCUT2D eigenvalue weighted by Crippen LogP contribution is -2.29. The Kier molecular flexibility index (Phi) is 11.6. The molecule has 2 fully saturated rings. The van der Waals surface area contributed by atoms with Crippen molar-refractivity contribution in [1.82, 2.24) is 50.1 Å². The number of hydrogen-bond acceptors (Lipinski definition) is 12. The number of piperidine rings is 2. The highest BCUT2D eigenvalue weighted by Crippen LogP contribution is 2.44. The second kappa shape index (κ2) is 16.2. The van der Waals surface area contributed by atoms with Gasteiger partial charge in [0.1, 0.15) is 11.1 Å². The van der Waals surface area contributed by atoms with Crippen molar-refractivity contribution < 1.29 is 35.9 Å². The van der Waals surface area contributed by atoms with Crippen LogP contribution in [-0.2, 0) is 17.1 Å². The molecule has 5 aromatic rings. The van der Waals surface area contributed by atoms with E-state index in [1.54, 1.807) is 21.8 Å². The molecule has 1 aromatic carbocycles. The molecule has 0 saturated carbocycles. The van der Waals surface area contributed by atoms with Gasteiger partial charge in [0.25, 0.3) is 0 Å². The van der Waals surface area contributed by atoms with Gasteiger partial charge in [-0.2, -0.15) is 36.5 Å². The SMILES string of the molecule is COC(=O)c1ccc(-c2nc(Nc3cnn(C4CCNCC4)c3)ncc2C(F)(F)F)c(-c2nc(Nc3cnn(C4CCNCC4)c3)ncc2C(F)(F)F)c1.Cl. The summed E-state index contributed by atoms with van der Waals surface area (Å²) in [4.78, 5) is 28.7. The fraction of sp³-hybridized carbons (Fsp3) is 0.382. The van der Waals surface area contributed by atoms with Gasteiger partial charge >= 0.3 is 18.3 Å². The number of benzene rings is 1. The fourth-order valence-corrected chi connectivity index (χ4v) is 6.51. The van der Waals surface area contributed by atoms with Crippen molar-refractivity contribution in [3.8, 4) is 22.5 Å². The third-order valence-electron chi connectivity index (χ3n) is 9.22. The third-order valence-corrected chi connectivity index (χ3v) is 9.22. The number of nitrogens with zero attached hydrogens (tertiary/aromatic N) is 8. The Morgan fingerprint density at radius 1 is 0.727 bits per heavy atom. The van der Waals surface area contributed by atoms with Crippen LogP contribution < -0.4 is 21.3 Å². The summed E-state index contributed by atoms with van der Waals surface area (Å²) in [5.74, 6) is -1.53. The molecule has 55 heavy (non-hydrogen) atoms. The molecule has 0 bridgehead atoms. The first-order valence-electron chi connectivity index (χ1n) is 17.0. The minimum absolute atomic E-state index is 0. The molecule has 0 aliphatic carbocycles. The molecule has 0 spiro atoms. The Morgan fingerprint density at radius 3 is 1.62 bits per heavy atom. The minimum Gasteiger partial charge on any atom is -0.465 e. The molecule has 14 nitrogen and oxygen atoms in total. The molecule has 7 rings (SSSR count). The quantitative estimate of drug-likeness (QED) is 0.0940. The lowest BCUT2D eigenvalue weighted by molar-refractivity contribution is -0.138. The van der Waals surface area contributed by atoms with Crippen LogP contribution in [0.3, 0.4) is 0 Å². The zero-order valence-electron chi connectivity index (χ0n) is 29.1. The van der Waals surface area contributed by atoms with E-state index >= 15 is 0 Å². The maximum atomic E-state index is 14.6. The second-order valence-electron chi connectivity index (χ2n) is 12.8. The number of rotatable bonds is 9. The van der Waals surface area contributed by atoms with Crippen LogP contribution in [0.1, 0.15) is 59.3 Å². The van der Waals surface area contributed by atoms with Crippen molar-refractivity contribution >= 4 is 41.6 Å². The number of ether oxygens (including phenoxy) is 1. The molecule has 0 atom stereocenters. The van der Waals surface area contributed by atoms with E-state index in [4.69, 9.17) is 4.74 Å². The number of anilines is 4. The van der Waals surface area contributed by atoms with Gasteiger partial charge in [0.05, 0.1) is 59.9 Å². The van der Waals surface area contributed by atoms with Crippen molar-refractivity contribution in [2.24, 2.45) is 0 Å². The van der Waals surface area contributed by atoms with Crippen LogP contribution in [-0.4, -0.2) is 78.8 Å². The van der Waals surface area contributed by atoms with Crippen LogP contribution >= 0.6 is 12.4 Å². The van der Waals surface area contributed by atoms with E-state index in [0.717, 1.165) is 77.2 Å². The highest BCUT2D eigenvalue weighted by Gasteiger charge is 2.39. The number of carbonyl (C=O) groups is 1. The number of aromatic nitrogens is 8. The number of esters is 1. The van der Waals surface area contributed by atoms with E-state index < -0.39 is 52.0 Å². The van der Waals surface area contributed by atoms with Crippen molar-refractivity contribution in [3.05, 3.63) is 72.1 Å². The van der Waals surface area contributed by atoms with Crippen molar-refractivity contribution in [2.75, 3.05) is 43.9 Å². The molecular formula is C34H35ClF6N12O2. The normalized spacial score (nSPS) is 15.7. The maximum absolute atomic E-state index is 14.6. The molecule has 0 unspecified atom stereocenters. The first kappa shape index (κ1) is 39.4. The molecule has 0 amide bonds. The standard InChI is InChI=1S/C34H34F6N12O2.ClH/c1-54-30(53)19-2-3-24(28-26(33(35,36)37)15-43-31(49-28)47-20-13-45-51(17-20)22-4-8-41-9-5-22)25(12-19)29-27(34(38,39)40)16-44-32(50-29)48-21-14-46-52(18-21)23-6-10-42-11-7-23;/h2-3,12-18,22-23,41-42H,4-11H2,1H3,(H,43,47,49)(H,44,48,50);1H. The van der Waals surface area contributed by atoms with Crippen LogP contribution in [0.5, 0.6) is 0 Å². The van der Waals surface area contributed by atoms with E-state index in [0.29, 0.717) is 23.8 Å². The monoisotopic (exact) mass is 792 g/mol. The van der Waals surface area contributed by atoms with Gasteiger partial charge in [-0.15, -0.1) is 12.4 Å². The van der Waals surface area contributed by atoms with Gasteiger partial charge in [-0.1, -0.05) is 6.07 Å². The van der Waals surface area contributed by atoms with E-state index in [1.165, 1.54) is 12.4 Å². The molecule has 2 aliphatic rings. The average Bonchev–Trinajstić information content (AvgIpc) is 3.84. The van der Waals surface area contributed by atoms with Crippen LogP contribution in [0.25, 0.3) is 22.5 Å². The molecule has 21 heteroatoms. The summed E-state index contributed by atoms with van der Waals surface area (Å²) in [6.07, 6.45) is 0.545. The van der Waals surface area contributed by atoms with Crippen molar-refractivity contribution in [1.29, 1.82) is 0 Å². The van der Waals surface area contributed by atoms with Gasteiger partial charge in [0, 0.05) is 35.9 Å². The Hall–Kier alpha value is -5.34. The molecule has 2 aliphatic heterocycles. The number of nitrogens with one attached hydrogen (secondary N) is 4. The number of methoxy groups -OCH3 is 1. The first-order chi connectivity index (χ1) is 25.9. The van der Waals surface area contributed by atoms with Crippen LogP contribution in [0.4, 0.5) is 49.6 Å². The summed E-state index contributed by atoms with van der Waals surface area (Å²) < 4.78 is 95.9. The molecule has 6 heterocycles. The average molecular weight is 793 g/mol. The largest absolute Gasteiger partial charge is 0.465 e. The van der Waals surface area contributed by atoms with Gasteiger partial charge in [-0.05, 0) is 64.0 Å². The first-order valence-corrected chi connectivity index (χ1v) is 17.0. The van der Waals surface area contributed by atoms with Gasteiger partial charge in [0.2, 0.25) is 11.9 Å². The number of halogens is 7. The highest BCUT2D eigenvalue weighted by molar-refractivity contribution is 5.94.